The molecule has 10 nitrogen and oxygen atoms in total. The van der Waals surface area contributed by atoms with Crippen LogP contribution in [0.15, 0.2) is 42.0 Å². The molecule has 0 unspecified atom stereocenters. The number of aryl methyl sites for hydroxylation is 1. The molecule has 0 bridgehead atoms. The number of nitrogens with zero attached hydrogens (tertiary/aromatic N) is 2. The van der Waals surface area contributed by atoms with Gasteiger partial charge in [0, 0.05) is 0 Å². The van der Waals surface area contributed by atoms with Gasteiger partial charge in [-0.15, -0.1) is 0 Å². The topological polar surface area (TPSA) is 128 Å². The SMILES string of the molecule is COc1cc(C=C2C(=O)NC(=O)N(c3cccc(C)c3)C2=O)c([N+](=O)[O-])cc1OC. The van der Waals surface area contributed by atoms with Crippen LogP contribution >= 0.6 is 0 Å². The number of urea groups is 1. The van der Waals surface area contributed by atoms with Crippen LogP contribution in [-0.2, 0) is 9.59 Å². The lowest BCUT2D eigenvalue weighted by Gasteiger charge is -2.26. The Morgan fingerprint density at radius 3 is 2.33 bits per heavy atom. The number of ether oxygens (including phenoxy) is 2. The van der Waals surface area contributed by atoms with Crippen LogP contribution in [0.5, 0.6) is 11.5 Å². The van der Waals surface area contributed by atoms with Crippen molar-refractivity contribution in [1.82, 2.24) is 5.32 Å². The third-order valence-electron chi connectivity index (χ3n) is 4.39. The molecule has 2 aromatic carbocycles. The first-order valence-corrected chi connectivity index (χ1v) is 8.65. The summed E-state index contributed by atoms with van der Waals surface area (Å²) in [6.07, 6.45) is 1.05. The third kappa shape index (κ3) is 3.70. The first-order valence-electron chi connectivity index (χ1n) is 8.65. The van der Waals surface area contributed by atoms with Crippen molar-refractivity contribution in [3.05, 3.63) is 63.2 Å². The highest BCUT2D eigenvalue weighted by atomic mass is 16.6. The zero-order chi connectivity index (χ0) is 22.0. The number of benzene rings is 2. The van der Waals surface area contributed by atoms with E-state index in [9.17, 15) is 24.5 Å². The van der Waals surface area contributed by atoms with Gasteiger partial charge in [0.25, 0.3) is 17.5 Å². The summed E-state index contributed by atoms with van der Waals surface area (Å²) in [6, 6.07) is 8.07. The average molecular weight is 411 g/mol. The number of methoxy groups -OCH3 is 2. The van der Waals surface area contributed by atoms with E-state index in [1.54, 1.807) is 25.1 Å². The molecule has 0 spiro atoms. The third-order valence-corrected chi connectivity index (χ3v) is 4.39. The van der Waals surface area contributed by atoms with Crippen molar-refractivity contribution in [2.24, 2.45) is 0 Å². The van der Waals surface area contributed by atoms with Crippen molar-refractivity contribution in [2.75, 3.05) is 19.1 Å². The molecule has 154 valence electrons. The molecular weight excluding hydrogens is 394 g/mol. The van der Waals surface area contributed by atoms with Gasteiger partial charge >= 0.3 is 6.03 Å². The molecule has 10 heteroatoms. The van der Waals surface area contributed by atoms with Crippen molar-refractivity contribution < 1.29 is 28.8 Å². The van der Waals surface area contributed by atoms with Gasteiger partial charge in [-0.3, -0.25) is 25.0 Å². The first kappa shape index (κ1) is 20.5. The number of imide groups is 2. The number of hydrogen-bond acceptors (Lipinski definition) is 7. The van der Waals surface area contributed by atoms with E-state index in [4.69, 9.17) is 9.47 Å². The van der Waals surface area contributed by atoms with Gasteiger partial charge in [-0.2, -0.15) is 0 Å². The van der Waals surface area contributed by atoms with Crippen molar-refractivity contribution in [2.45, 2.75) is 6.92 Å². The van der Waals surface area contributed by atoms with E-state index in [0.29, 0.717) is 0 Å². The normalized spacial score (nSPS) is 15.2. The van der Waals surface area contributed by atoms with E-state index < -0.39 is 34.0 Å². The lowest BCUT2D eigenvalue weighted by atomic mass is 10.0. The van der Waals surface area contributed by atoms with Gasteiger partial charge in [-0.05, 0) is 36.8 Å². The minimum absolute atomic E-state index is 0.0605. The van der Waals surface area contributed by atoms with Crippen molar-refractivity contribution in [3.63, 3.8) is 0 Å². The molecule has 0 atom stereocenters. The Labute approximate surface area is 170 Å². The van der Waals surface area contributed by atoms with E-state index >= 15 is 0 Å². The lowest BCUT2D eigenvalue weighted by molar-refractivity contribution is -0.385. The van der Waals surface area contributed by atoms with Crippen molar-refractivity contribution >= 4 is 35.3 Å². The second-order valence-electron chi connectivity index (χ2n) is 6.32. The minimum atomic E-state index is -0.960. The molecule has 1 saturated heterocycles. The summed E-state index contributed by atoms with van der Waals surface area (Å²) in [5.74, 6) is -1.58. The maximum absolute atomic E-state index is 13.0. The number of rotatable bonds is 5. The quantitative estimate of drug-likeness (QED) is 0.347. The summed E-state index contributed by atoms with van der Waals surface area (Å²) in [6.45, 7) is 1.78. The number of nitrogens with one attached hydrogen (secondary N) is 1. The molecular formula is C20H17N3O7. The maximum Gasteiger partial charge on any atom is 0.335 e. The zero-order valence-corrected chi connectivity index (χ0v) is 16.3. The van der Waals surface area contributed by atoms with Crippen LogP contribution in [-0.4, -0.2) is 37.0 Å². The average Bonchev–Trinajstić information content (AvgIpc) is 2.70. The van der Waals surface area contributed by atoms with Crippen LogP contribution in [0, 0.1) is 17.0 Å². The second-order valence-corrected chi connectivity index (χ2v) is 6.32. The number of barbiturate groups is 1. The highest BCUT2D eigenvalue weighted by Crippen LogP contribution is 2.36. The lowest BCUT2D eigenvalue weighted by Crippen LogP contribution is -2.54. The van der Waals surface area contributed by atoms with Gasteiger partial charge in [-0.25, -0.2) is 9.69 Å². The van der Waals surface area contributed by atoms with E-state index in [1.165, 1.54) is 26.4 Å². The second kappa shape index (κ2) is 8.03. The molecule has 30 heavy (non-hydrogen) atoms. The summed E-state index contributed by atoms with van der Waals surface area (Å²) in [5, 5.41) is 13.6. The molecule has 0 radical (unpaired) electrons. The fourth-order valence-corrected chi connectivity index (χ4v) is 2.97. The Bertz CT molecular complexity index is 1110. The van der Waals surface area contributed by atoms with E-state index in [0.717, 1.165) is 22.6 Å². The van der Waals surface area contributed by atoms with Gasteiger partial charge in [-0.1, -0.05) is 12.1 Å². The molecule has 4 amide bonds. The minimum Gasteiger partial charge on any atom is -0.493 e. The van der Waals surface area contributed by atoms with Crippen molar-refractivity contribution in [3.8, 4) is 11.5 Å². The smallest absolute Gasteiger partial charge is 0.335 e. The number of amides is 4. The Balaban J connectivity index is 2.14. The van der Waals surface area contributed by atoms with Crippen LogP contribution < -0.4 is 19.7 Å². The van der Waals surface area contributed by atoms with Gasteiger partial charge in [0.1, 0.15) is 5.57 Å². The number of nitro benzene ring substituents is 1. The molecule has 1 N–H and O–H groups in total. The molecule has 0 saturated carbocycles. The fourth-order valence-electron chi connectivity index (χ4n) is 2.97. The standard InChI is InChI=1S/C20H17N3O7/c1-11-5-4-6-13(7-11)22-19(25)14(18(24)21-20(22)26)8-12-9-16(29-2)17(30-3)10-15(12)23(27)28/h4-10H,1-3H3,(H,21,24,26). The fraction of sp³-hybridized carbons (Fsp3) is 0.150. The number of carbonyl (C=O) groups excluding carboxylic acids is 3. The molecule has 0 aliphatic carbocycles. The van der Waals surface area contributed by atoms with Crippen molar-refractivity contribution in [1.29, 1.82) is 0 Å². The number of hydrogen-bond donors (Lipinski definition) is 1. The Kier molecular flexibility index (Phi) is 5.50. The predicted octanol–water partition coefficient (Wildman–Crippen LogP) is 2.59. The Hall–Kier alpha value is -4.21. The zero-order valence-electron chi connectivity index (χ0n) is 16.3. The summed E-state index contributed by atoms with van der Waals surface area (Å²) < 4.78 is 10.2. The molecule has 1 aliphatic heterocycles. The highest BCUT2D eigenvalue weighted by molar-refractivity contribution is 6.39. The highest BCUT2D eigenvalue weighted by Gasteiger charge is 2.37. The number of anilines is 1. The summed E-state index contributed by atoms with van der Waals surface area (Å²) >= 11 is 0. The summed E-state index contributed by atoms with van der Waals surface area (Å²) in [4.78, 5) is 49.2. The van der Waals surface area contributed by atoms with E-state index in [-0.39, 0.29) is 22.7 Å². The van der Waals surface area contributed by atoms with E-state index in [2.05, 4.69) is 5.32 Å². The largest absolute Gasteiger partial charge is 0.493 e. The van der Waals surface area contributed by atoms with E-state index in [1.807, 2.05) is 0 Å². The van der Waals surface area contributed by atoms with Crippen LogP contribution in [0.25, 0.3) is 6.08 Å². The number of nitro groups is 1. The maximum atomic E-state index is 13.0. The summed E-state index contributed by atoms with van der Waals surface area (Å²) in [5.41, 5.74) is 0.157. The van der Waals surface area contributed by atoms with Crippen LogP contribution in [0.4, 0.5) is 16.2 Å². The van der Waals surface area contributed by atoms with Gasteiger partial charge in [0.05, 0.1) is 36.5 Å². The van der Waals surface area contributed by atoms with Crippen LogP contribution in [0.2, 0.25) is 0 Å². The van der Waals surface area contributed by atoms with Gasteiger partial charge < -0.3 is 9.47 Å². The molecule has 2 aromatic rings. The Morgan fingerprint density at radius 1 is 1.07 bits per heavy atom. The Morgan fingerprint density at radius 2 is 1.73 bits per heavy atom. The molecule has 1 aliphatic rings. The number of carbonyl (C=O) groups is 3. The molecule has 0 aromatic heterocycles. The van der Waals surface area contributed by atoms with Gasteiger partial charge in [0.2, 0.25) is 0 Å². The molecule has 1 fully saturated rings. The monoisotopic (exact) mass is 411 g/mol. The van der Waals surface area contributed by atoms with Gasteiger partial charge in [0.15, 0.2) is 11.5 Å². The molecule has 1 heterocycles. The molecule has 3 rings (SSSR count). The van der Waals surface area contributed by atoms with Crippen LogP contribution in [0.3, 0.4) is 0 Å². The first-order chi connectivity index (χ1) is 14.3. The predicted molar refractivity (Wildman–Crippen MR) is 106 cm³/mol. The summed E-state index contributed by atoms with van der Waals surface area (Å²) in [7, 11) is 2.67. The van der Waals surface area contributed by atoms with Crippen LogP contribution in [0.1, 0.15) is 11.1 Å².